The number of hydrogen-bond acceptors (Lipinski definition) is 4. The number of likely N-dealkylation sites (tertiary alicyclic amines) is 1. The van der Waals surface area contributed by atoms with Crippen LogP contribution >= 0.6 is 0 Å². The van der Waals surface area contributed by atoms with E-state index in [2.05, 4.69) is 53.6 Å². The van der Waals surface area contributed by atoms with Crippen molar-refractivity contribution in [2.24, 2.45) is 5.92 Å². The maximum absolute atomic E-state index is 13.3. The van der Waals surface area contributed by atoms with E-state index in [0.29, 0.717) is 18.5 Å². The van der Waals surface area contributed by atoms with Gasteiger partial charge in [-0.3, -0.25) is 4.79 Å². The van der Waals surface area contributed by atoms with Crippen LogP contribution in [0.2, 0.25) is 0 Å². The molecule has 222 valence electrons. The number of allylic oxidation sites excluding steroid dienone is 1. The van der Waals surface area contributed by atoms with E-state index < -0.39 is 12.1 Å². The highest BCUT2D eigenvalue weighted by Crippen LogP contribution is 2.44. The number of piperidine rings is 1. The number of aliphatic hydroxyl groups excluding tert-OH is 2. The number of aromatic amines is 1. The number of unbranched alkanes of at least 4 members (excludes halogenated alkanes) is 11. The fourth-order valence-corrected chi connectivity index (χ4v) is 6.97. The molecule has 2 heterocycles. The molecule has 40 heavy (non-hydrogen) atoms. The smallest absolute Gasteiger partial charge is 0.224 e. The van der Waals surface area contributed by atoms with Crippen LogP contribution in [-0.2, 0) is 11.2 Å². The van der Waals surface area contributed by atoms with Crippen LogP contribution in [0.15, 0.2) is 36.5 Å². The minimum atomic E-state index is -0.887. The van der Waals surface area contributed by atoms with Crippen molar-refractivity contribution >= 4 is 16.8 Å². The van der Waals surface area contributed by atoms with Gasteiger partial charge >= 0.3 is 0 Å². The zero-order valence-electron chi connectivity index (χ0n) is 24.9. The number of aliphatic hydroxyl groups is 2. The highest BCUT2D eigenvalue weighted by Gasteiger charge is 2.41. The average molecular weight is 552 g/mol. The normalized spacial score (nSPS) is 22.4. The molecule has 1 aromatic carbocycles. The molecule has 1 amide bonds. The summed E-state index contributed by atoms with van der Waals surface area (Å²) in [7, 11) is 2.12. The number of benzene rings is 1. The van der Waals surface area contributed by atoms with Crippen LogP contribution in [-0.4, -0.2) is 64.4 Å². The molecule has 5 atom stereocenters. The van der Waals surface area contributed by atoms with Crippen LogP contribution in [0.1, 0.15) is 107 Å². The van der Waals surface area contributed by atoms with E-state index in [0.717, 1.165) is 25.7 Å². The molecule has 6 heteroatoms. The monoisotopic (exact) mass is 551 g/mol. The molecular weight excluding hydrogens is 498 g/mol. The van der Waals surface area contributed by atoms with Crippen LogP contribution in [0.25, 0.3) is 10.9 Å². The Labute approximate surface area is 241 Å². The number of hydrogen-bond donors (Lipinski definition) is 4. The Morgan fingerprint density at radius 2 is 1.80 bits per heavy atom. The number of rotatable bonds is 17. The minimum Gasteiger partial charge on any atom is -0.394 e. The summed E-state index contributed by atoms with van der Waals surface area (Å²) in [5.41, 5.74) is 3.87. The lowest BCUT2D eigenvalue weighted by Gasteiger charge is -2.45. The van der Waals surface area contributed by atoms with Gasteiger partial charge in [-0.1, -0.05) is 95.4 Å². The van der Waals surface area contributed by atoms with Gasteiger partial charge in [0.05, 0.1) is 24.7 Å². The number of likely N-dealkylation sites (N-methyl/N-ethyl adjacent to an activating group) is 1. The molecule has 6 nitrogen and oxygen atoms in total. The van der Waals surface area contributed by atoms with Gasteiger partial charge in [0, 0.05) is 35.6 Å². The summed E-state index contributed by atoms with van der Waals surface area (Å²) in [5, 5.41) is 24.9. The third kappa shape index (κ3) is 7.98. The van der Waals surface area contributed by atoms with E-state index in [9.17, 15) is 15.0 Å². The third-order valence-electron chi connectivity index (χ3n) is 9.34. The molecule has 1 aliphatic carbocycles. The summed E-state index contributed by atoms with van der Waals surface area (Å²) in [6, 6.07) is 6.14. The van der Waals surface area contributed by atoms with Crippen molar-refractivity contribution < 1.29 is 15.0 Å². The van der Waals surface area contributed by atoms with Crippen LogP contribution in [0.5, 0.6) is 0 Å². The number of fused-ring (bicyclic) bond motifs is 2. The van der Waals surface area contributed by atoms with Crippen LogP contribution in [0.4, 0.5) is 0 Å². The first kappa shape index (κ1) is 30.8. The highest BCUT2D eigenvalue weighted by molar-refractivity contribution is 5.88. The molecule has 4 N–H and O–H groups in total. The van der Waals surface area contributed by atoms with Crippen molar-refractivity contribution in [2.75, 3.05) is 20.2 Å². The van der Waals surface area contributed by atoms with Gasteiger partial charge in [0.2, 0.25) is 5.91 Å². The first-order valence-electron chi connectivity index (χ1n) is 16.1. The number of amides is 1. The van der Waals surface area contributed by atoms with Crippen molar-refractivity contribution in [1.29, 1.82) is 0 Å². The lowest BCUT2D eigenvalue weighted by molar-refractivity contribution is -0.129. The molecule has 4 rings (SSSR count). The Hall–Kier alpha value is -2.15. The maximum Gasteiger partial charge on any atom is 0.224 e. The van der Waals surface area contributed by atoms with E-state index in [4.69, 9.17) is 0 Å². The van der Waals surface area contributed by atoms with E-state index in [1.165, 1.54) is 86.2 Å². The third-order valence-corrected chi connectivity index (χ3v) is 9.34. The fourth-order valence-electron chi connectivity index (χ4n) is 6.97. The van der Waals surface area contributed by atoms with Crippen molar-refractivity contribution in [3.05, 3.63) is 47.7 Å². The topological polar surface area (TPSA) is 88.6 Å². The lowest BCUT2D eigenvalue weighted by atomic mass is 9.72. The summed E-state index contributed by atoms with van der Waals surface area (Å²) >= 11 is 0. The van der Waals surface area contributed by atoms with E-state index in [1.807, 2.05) is 6.08 Å². The number of aromatic nitrogens is 1. The molecule has 0 saturated carbocycles. The molecule has 1 aliphatic heterocycles. The summed E-state index contributed by atoms with van der Waals surface area (Å²) in [5.74, 6) is 0.0439. The van der Waals surface area contributed by atoms with Crippen LogP contribution in [0.3, 0.4) is 0 Å². The van der Waals surface area contributed by atoms with Gasteiger partial charge in [0.1, 0.15) is 0 Å². The van der Waals surface area contributed by atoms with Crippen molar-refractivity contribution in [3.8, 4) is 0 Å². The Balaban J connectivity index is 1.18. The first-order valence-corrected chi connectivity index (χ1v) is 16.1. The van der Waals surface area contributed by atoms with Gasteiger partial charge in [0.25, 0.3) is 0 Å². The number of nitrogens with zero attached hydrogens (tertiary/aromatic N) is 1. The second kappa shape index (κ2) is 15.7. The number of H-pyrrole nitrogens is 1. The molecule has 0 bridgehead atoms. The molecule has 2 aromatic rings. The summed E-state index contributed by atoms with van der Waals surface area (Å²) in [6.07, 6.45) is 22.2. The molecule has 0 radical (unpaired) electrons. The predicted molar refractivity (Wildman–Crippen MR) is 165 cm³/mol. The van der Waals surface area contributed by atoms with Gasteiger partial charge in [-0.05, 0) is 49.9 Å². The summed E-state index contributed by atoms with van der Waals surface area (Å²) < 4.78 is 0. The Morgan fingerprint density at radius 1 is 1.10 bits per heavy atom. The van der Waals surface area contributed by atoms with E-state index >= 15 is 0 Å². The number of carbonyl (C=O) groups excluding carboxylic acids is 1. The van der Waals surface area contributed by atoms with E-state index in [-0.39, 0.29) is 18.4 Å². The van der Waals surface area contributed by atoms with Crippen LogP contribution < -0.4 is 5.32 Å². The molecule has 1 aromatic heterocycles. The quantitative estimate of drug-likeness (QED) is 0.139. The molecule has 0 spiro atoms. The molecule has 1 saturated heterocycles. The van der Waals surface area contributed by atoms with Gasteiger partial charge < -0.3 is 25.4 Å². The standard InChI is InChI=1S/C34H53N3O3/c1-3-4-5-6-7-8-9-10-11-12-13-14-15-19-32(39)30(24-38)36-34(40)26-20-28-27-17-16-18-29-33(27)25(22-35-29)21-31(28)37(2)23-26/h15-19,22,26,28,30-32,35,38-39H,3-14,20-21,23-24H2,1-2H3,(H,36,40)/b19-15-/t26-,28-,30+,31-,32+/m1/s1. The molecular formula is C34H53N3O3. The number of nitrogens with one attached hydrogen (secondary N) is 2. The molecule has 2 aliphatic rings. The van der Waals surface area contributed by atoms with Gasteiger partial charge in [-0.2, -0.15) is 0 Å². The Morgan fingerprint density at radius 3 is 2.50 bits per heavy atom. The fraction of sp³-hybridized carbons (Fsp3) is 0.676. The Bertz CT molecular complexity index is 1080. The zero-order chi connectivity index (χ0) is 28.3. The zero-order valence-corrected chi connectivity index (χ0v) is 24.9. The highest BCUT2D eigenvalue weighted by atomic mass is 16.3. The molecule has 1 fully saturated rings. The largest absolute Gasteiger partial charge is 0.394 e. The second-order valence-electron chi connectivity index (χ2n) is 12.4. The van der Waals surface area contributed by atoms with Crippen molar-refractivity contribution in [3.63, 3.8) is 0 Å². The Kier molecular flexibility index (Phi) is 12.1. The predicted octanol–water partition coefficient (Wildman–Crippen LogP) is 6.22. The average Bonchev–Trinajstić information content (AvgIpc) is 3.38. The van der Waals surface area contributed by atoms with Gasteiger partial charge in [-0.15, -0.1) is 0 Å². The first-order chi connectivity index (χ1) is 19.5. The van der Waals surface area contributed by atoms with Gasteiger partial charge in [0.15, 0.2) is 0 Å². The van der Waals surface area contributed by atoms with E-state index in [1.54, 1.807) is 6.08 Å². The lowest BCUT2D eigenvalue weighted by Crippen LogP contribution is -2.54. The van der Waals surface area contributed by atoms with Crippen LogP contribution in [0, 0.1) is 5.92 Å². The van der Waals surface area contributed by atoms with Crippen molar-refractivity contribution in [1.82, 2.24) is 15.2 Å². The van der Waals surface area contributed by atoms with Crippen molar-refractivity contribution in [2.45, 2.75) is 121 Å². The summed E-state index contributed by atoms with van der Waals surface area (Å²) in [4.78, 5) is 19.1. The number of carbonyl (C=O) groups is 1. The summed E-state index contributed by atoms with van der Waals surface area (Å²) in [6.45, 7) is 2.67. The maximum atomic E-state index is 13.3. The second-order valence-corrected chi connectivity index (χ2v) is 12.4. The van der Waals surface area contributed by atoms with Gasteiger partial charge in [-0.25, -0.2) is 0 Å². The molecule has 0 unspecified atom stereocenters. The SMILES string of the molecule is CCCCCCCCCCCCC/C=C\[C@H](O)[C@H](CO)NC(=O)[C@@H]1C[C@@H]2c3cccc4[nH]cc(c34)C[C@H]2N(C)C1. The minimum absolute atomic E-state index is 0.0748.